The van der Waals surface area contributed by atoms with Crippen LogP contribution in [0.4, 0.5) is 9.93 Å². The van der Waals surface area contributed by atoms with Gasteiger partial charge >= 0.3 is 25.2 Å². The molecule has 278 valence electrons. The van der Waals surface area contributed by atoms with E-state index in [0.29, 0.717) is 11.8 Å². The van der Waals surface area contributed by atoms with Crippen LogP contribution in [0.2, 0.25) is 6.32 Å². The molecule has 3 N–H and O–H groups in total. The lowest BCUT2D eigenvalue weighted by molar-refractivity contribution is -0.199. The van der Waals surface area contributed by atoms with E-state index >= 15 is 0 Å². The molecule has 3 saturated carbocycles. The summed E-state index contributed by atoms with van der Waals surface area (Å²) in [4.78, 5) is 52.1. The van der Waals surface area contributed by atoms with E-state index in [2.05, 4.69) is 41.6 Å². The molecule has 3 aliphatic carbocycles. The molecule has 2 heterocycles. The monoisotopic (exact) mass is 728 g/mol. The highest BCUT2D eigenvalue weighted by atomic mass is 32.1. The van der Waals surface area contributed by atoms with Gasteiger partial charge in [0.2, 0.25) is 15.7 Å². The summed E-state index contributed by atoms with van der Waals surface area (Å²) in [6.07, 6.45) is 1.10. The van der Waals surface area contributed by atoms with Crippen LogP contribution in [-0.4, -0.2) is 74.9 Å². The molecule has 5 atom stereocenters. The average molecular weight is 729 g/mol. The third-order valence-corrected chi connectivity index (χ3v) is 10.7. The van der Waals surface area contributed by atoms with Gasteiger partial charge in [0.1, 0.15) is 22.5 Å². The summed E-state index contributed by atoms with van der Waals surface area (Å²) >= 11 is 0.832. The van der Waals surface area contributed by atoms with Crippen molar-refractivity contribution in [1.82, 2.24) is 15.5 Å². The molecule has 16 heteroatoms. The van der Waals surface area contributed by atoms with E-state index in [9.17, 15) is 24.3 Å². The van der Waals surface area contributed by atoms with Gasteiger partial charge in [0.05, 0.1) is 17.7 Å². The number of ether oxygens (including phenoxy) is 3. The Balaban J connectivity index is 1.40. The summed E-state index contributed by atoms with van der Waals surface area (Å²) in [5.74, 6) is -2.01. The summed E-state index contributed by atoms with van der Waals surface area (Å²) in [6.45, 7) is 19.6. The van der Waals surface area contributed by atoms with Gasteiger partial charge in [0.15, 0.2) is 0 Å². The molecule has 2 amide bonds. The summed E-state index contributed by atoms with van der Waals surface area (Å²) in [6, 6.07) is 3.51. The normalized spacial score (nSPS) is 24.5. The maximum absolute atomic E-state index is 13.6. The van der Waals surface area contributed by atoms with Crippen molar-refractivity contribution in [3.8, 4) is 5.75 Å². The minimum absolute atomic E-state index is 0.0483. The molecule has 2 aromatic rings. The van der Waals surface area contributed by atoms with Crippen molar-refractivity contribution in [2.24, 2.45) is 17.3 Å². The number of anilines is 1. The number of hydrogen-bond donors (Lipinski definition) is 3. The minimum Gasteiger partial charge on any atom is -0.507 e. The van der Waals surface area contributed by atoms with E-state index in [1.54, 1.807) is 47.6 Å². The van der Waals surface area contributed by atoms with Crippen LogP contribution in [0.1, 0.15) is 121 Å². The van der Waals surface area contributed by atoms with Gasteiger partial charge in [-0.1, -0.05) is 37.3 Å². The Morgan fingerprint density at radius 2 is 1.67 bits per heavy atom. The Morgan fingerprint density at radius 3 is 2.29 bits per heavy atom. The number of amides is 2. The van der Waals surface area contributed by atoms with E-state index in [0.717, 1.165) is 24.2 Å². The lowest BCUT2D eigenvalue weighted by Gasteiger charge is -2.64. The number of nitrogens with zero attached hydrogens (tertiary/aromatic N) is 2. The zero-order valence-corrected chi connectivity index (χ0v) is 32.0. The van der Waals surface area contributed by atoms with E-state index in [1.807, 2.05) is 0 Å². The molecule has 4 aliphatic rings. The Morgan fingerprint density at radius 1 is 1.00 bits per heavy atom. The molecule has 0 spiro atoms. The molecular weight excluding hydrogens is 679 g/mol. The first-order valence-corrected chi connectivity index (χ1v) is 18.0. The molecule has 0 radical (unpaired) electrons. The largest absolute Gasteiger partial charge is 0.507 e. The fourth-order valence-electron chi connectivity index (χ4n) is 7.22. The number of hydrogen-bond acceptors (Lipinski definition) is 13. The first-order chi connectivity index (χ1) is 23.4. The van der Waals surface area contributed by atoms with Gasteiger partial charge in [0.25, 0.3) is 5.91 Å². The molecule has 14 nitrogen and oxygen atoms in total. The van der Waals surface area contributed by atoms with Crippen LogP contribution < -0.4 is 10.6 Å². The van der Waals surface area contributed by atoms with Crippen molar-refractivity contribution in [1.29, 1.82) is 0 Å². The predicted molar refractivity (Wildman–Crippen MR) is 188 cm³/mol. The van der Waals surface area contributed by atoms with E-state index in [1.165, 1.54) is 26.0 Å². The second kappa shape index (κ2) is 13.3. The fourth-order valence-corrected chi connectivity index (χ4v) is 7.85. The summed E-state index contributed by atoms with van der Waals surface area (Å²) in [5.41, 5.74) is -3.69. The van der Waals surface area contributed by atoms with Crippen molar-refractivity contribution in [2.75, 3.05) is 5.32 Å². The van der Waals surface area contributed by atoms with Crippen molar-refractivity contribution in [2.45, 2.75) is 130 Å². The number of rotatable bonds is 9. The zero-order chi connectivity index (χ0) is 37.9. The number of carbonyl (C=O) groups is 4. The van der Waals surface area contributed by atoms with Gasteiger partial charge in [-0.25, -0.2) is 14.4 Å². The number of benzene rings is 1. The molecular formula is C35H49BN4O10S. The van der Waals surface area contributed by atoms with Gasteiger partial charge in [-0.3, -0.25) is 10.1 Å². The van der Waals surface area contributed by atoms with Crippen LogP contribution in [0, 0.1) is 17.3 Å². The molecule has 2 unspecified atom stereocenters. The second-order valence-electron chi connectivity index (χ2n) is 16.8. The Hall–Kier alpha value is -3.76. The Kier molecular flexibility index (Phi) is 10.1. The van der Waals surface area contributed by atoms with E-state index in [-0.39, 0.29) is 39.1 Å². The van der Waals surface area contributed by atoms with Crippen molar-refractivity contribution in [3.05, 3.63) is 34.3 Å². The first kappa shape index (κ1) is 38.5. The van der Waals surface area contributed by atoms with Crippen LogP contribution in [-0.2, 0) is 28.3 Å². The SMILES string of the molecule is CC(C)(C)OC(=O)Nc1nnc(C(=O)NC(CB2OC3C[C@@H]4C[C@@H](C4(C)C)[C@]3(C)O2)c2cccc(C(=O)OC(C)(C)C(=O)OC(C)(C)C)c2O)s1. The van der Waals surface area contributed by atoms with Gasteiger partial charge in [0, 0.05) is 11.9 Å². The first-order valence-electron chi connectivity index (χ1n) is 17.2. The third kappa shape index (κ3) is 8.17. The maximum Gasteiger partial charge on any atom is 0.460 e. The smallest absolute Gasteiger partial charge is 0.460 e. The maximum atomic E-state index is 13.6. The molecule has 51 heavy (non-hydrogen) atoms. The van der Waals surface area contributed by atoms with Crippen LogP contribution >= 0.6 is 11.3 Å². The number of esters is 2. The number of aromatic hydroxyl groups is 1. The van der Waals surface area contributed by atoms with Crippen LogP contribution in [0.25, 0.3) is 0 Å². The molecule has 2 bridgehead atoms. The van der Waals surface area contributed by atoms with E-state index < -0.39 is 65.3 Å². The van der Waals surface area contributed by atoms with Gasteiger partial charge in [-0.05, 0) is 98.5 Å². The fraction of sp³-hybridized carbons (Fsp3) is 0.657. The number of phenols is 1. The Bertz CT molecular complexity index is 1700. The van der Waals surface area contributed by atoms with Crippen LogP contribution in [0.5, 0.6) is 5.75 Å². The number of carbonyl (C=O) groups excluding carboxylic acids is 4. The highest BCUT2D eigenvalue weighted by Gasteiger charge is 2.67. The topological polar surface area (TPSA) is 184 Å². The second-order valence-corrected chi connectivity index (χ2v) is 17.8. The zero-order valence-electron chi connectivity index (χ0n) is 31.2. The molecule has 1 saturated heterocycles. The summed E-state index contributed by atoms with van der Waals surface area (Å²) < 4.78 is 29.3. The molecule has 6 rings (SSSR count). The van der Waals surface area contributed by atoms with Gasteiger partial charge in [-0.15, -0.1) is 10.2 Å². The van der Waals surface area contributed by atoms with Crippen LogP contribution in [0.15, 0.2) is 18.2 Å². The van der Waals surface area contributed by atoms with Crippen molar-refractivity contribution in [3.63, 3.8) is 0 Å². The lowest BCUT2D eigenvalue weighted by Crippen LogP contribution is -2.65. The molecule has 1 aromatic heterocycles. The van der Waals surface area contributed by atoms with Crippen molar-refractivity contribution >= 4 is 47.5 Å². The number of phenolic OH excluding ortho intramolecular Hbond substituents is 1. The van der Waals surface area contributed by atoms with Crippen LogP contribution in [0.3, 0.4) is 0 Å². The number of para-hydroxylation sites is 1. The Labute approximate surface area is 302 Å². The minimum atomic E-state index is -1.67. The standard InChI is InChI=1S/C35H49BN4O10S/c1-31(2,3)47-28(44)34(9,10)46-27(43)20-14-12-13-19(24(20)41)21(17-36-49-23-16-18-15-22(33(18,7)8)35(23,11)50-36)37-25(42)26-39-40-29(51-26)38-30(45)48-32(4,5)6/h12-14,18,21-23,41H,15-17H2,1-11H3,(H,37,42)(H,38,40,45)/t18-,21?,22-,23?,35-/m0/s1. The summed E-state index contributed by atoms with van der Waals surface area (Å²) in [7, 11) is -0.750. The average Bonchev–Trinajstić information content (AvgIpc) is 3.57. The predicted octanol–water partition coefficient (Wildman–Crippen LogP) is 6.07. The lowest BCUT2D eigenvalue weighted by atomic mass is 9.43. The molecule has 1 aliphatic heterocycles. The van der Waals surface area contributed by atoms with Gasteiger partial charge < -0.3 is 33.9 Å². The summed E-state index contributed by atoms with van der Waals surface area (Å²) in [5, 5.41) is 24.7. The molecule has 4 fully saturated rings. The van der Waals surface area contributed by atoms with Gasteiger partial charge in [-0.2, -0.15) is 0 Å². The highest BCUT2D eigenvalue weighted by molar-refractivity contribution is 7.17. The quantitative estimate of drug-likeness (QED) is 0.154. The van der Waals surface area contributed by atoms with Crippen molar-refractivity contribution < 1.29 is 47.8 Å². The number of aromatic nitrogens is 2. The number of nitrogens with one attached hydrogen (secondary N) is 2. The third-order valence-electron chi connectivity index (χ3n) is 9.86. The van der Waals surface area contributed by atoms with E-state index in [4.69, 9.17) is 23.5 Å². The molecule has 1 aromatic carbocycles. The highest BCUT2D eigenvalue weighted by Crippen LogP contribution is 2.66.